The molecule has 1 amide bonds. The molecule has 2 N–H and O–H groups in total. The number of rotatable bonds is 6. The van der Waals surface area contributed by atoms with Gasteiger partial charge >= 0.3 is 0 Å². The van der Waals surface area contributed by atoms with E-state index in [4.69, 9.17) is 12.2 Å². The van der Waals surface area contributed by atoms with Crippen molar-refractivity contribution in [1.82, 2.24) is 19.8 Å². The van der Waals surface area contributed by atoms with Crippen molar-refractivity contribution in [3.8, 4) is 5.69 Å². The van der Waals surface area contributed by atoms with Gasteiger partial charge in [0.15, 0.2) is 5.11 Å². The van der Waals surface area contributed by atoms with Crippen LogP contribution in [0.2, 0.25) is 0 Å². The third-order valence-electron chi connectivity index (χ3n) is 6.03. The first-order chi connectivity index (χ1) is 16.6. The zero-order chi connectivity index (χ0) is 23.5. The molecule has 0 bridgehead atoms. The molecule has 1 saturated heterocycles. The Morgan fingerprint density at radius 2 is 1.76 bits per heavy atom. The fraction of sp³-hybridized carbons (Fsp3) is 0.148. The molecule has 34 heavy (non-hydrogen) atoms. The maximum atomic E-state index is 13.0. The molecule has 170 valence electrons. The average Bonchev–Trinajstić information content (AvgIpc) is 3.45. The fourth-order valence-corrected chi connectivity index (χ4v) is 4.77. The number of nitrogens with one attached hydrogen (secondary N) is 2. The number of carbonyl (C=O) groups is 1. The van der Waals surface area contributed by atoms with Gasteiger partial charge in [0.1, 0.15) is 6.54 Å². The highest BCUT2D eigenvalue weighted by molar-refractivity contribution is 7.80. The van der Waals surface area contributed by atoms with E-state index in [1.165, 1.54) is 0 Å². The van der Waals surface area contributed by atoms with Gasteiger partial charge in [0.25, 0.3) is 0 Å². The smallest absolute Gasteiger partial charge is 0.244 e. The molecule has 0 aliphatic carbocycles. The summed E-state index contributed by atoms with van der Waals surface area (Å²) in [5.41, 5.74) is 4.92. The van der Waals surface area contributed by atoms with Gasteiger partial charge in [0.05, 0.1) is 17.8 Å². The Hall–Kier alpha value is -3.97. The fourth-order valence-electron chi connectivity index (χ4n) is 4.46. The number of pyridine rings is 1. The summed E-state index contributed by atoms with van der Waals surface area (Å²) in [4.78, 5) is 19.6. The van der Waals surface area contributed by atoms with Crippen LogP contribution in [0, 0.1) is 6.92 Å². The van der Waals surface area contributed by atoms with Crippen molar-refractivity contribution >= 4 is 28.9 Å². The number of aryl methyl sites for hydroxylation is 1. The molecule has 2 aromatic carbocycles. The number of amides is 1. The summed E-state index contributed by atoms with van der Waals surface area (Å²) in [7, 11) is 0. The molecule has 0 saturated carbocycles. The summed E-state index contributed by atoms with van der Waals surface area (Å²) >= 11 is 5.74. The van der Waals surface area contributed by atoms with Crippen LogP contribution in [0.5, 0.6) is 0 Å². The van der Waals surface area contributed by atoms with Crippen LogP contribution in [0.25, 0.3) is 5.69 Å². The molecule has 2 aromatic heterocycles. The first kappa shape index (κ1) is 21.9. The zero-order valence-electron chi connectivity index (χ0n) is 18.8. The number of anilines is 1. The number of aromatic nitrogens is 2. The third kappa shape index (κ3) is 4.30. The number of hydrogen-bond donors (Lipinski definition) is 2. The van der Waals surface area contributed by atoms with Crippen LogP contribution in [0.15, 0.2) is 97.3 Å². The molecule has 6 nitrogen and oxygen atoms in total. The van der Waals surface area contributed by atoms with E-state index >= 15 is 0 Å². The molecule has 5 rings (SSSR count). The lowest BCUT2D eigenvalue weighted by atomic mass is 10.0. The van der Waals surface area contributed by atoms with Gasteiger partial charge in [-0.1, -0.05) is 42.5 Å². The molecular formula is C27H25N5OS. The molecule has 3 heterocycles. The van der Waals surface area contributed by atoms with Gasteiger partial charge in [-0.05, 0) is 67.2 Å². The van der Waals surface area contributed by atoms with Crippen LogP contribution in [0.3, 0.4) is 0 Å². The zero-order valence-corrected chi connectivity index (χ0v) is 19.6. The lowest BCUT2D eigenvalue weighted by molar-refractivity contribution is -0.116. The Kier molecular flexibility index (Phi) is 6.10. The van der Waals surface area contributed by atoms with Crippen LogP contribution < -0.4 is 10.6 Å². The number of para-hydroxylation sites is 2. The molecule has 0 unspecified atom stereocenters. The van der Waals surface area contributed by atoms with Crippen molar-refractivity contribution in [2.45, 2.75) is 19.0 Å². The van der Waals surface area contributed by atoms with Gasteiger partial charge < -0.3 is 20.1 Å². The van der Waals surface area contributed by atoms with Gasteiger partial charge in [0.2, 0.25) is 5.91 Å². The van der Waals surface area contributed by atoms with Crippen LogP contribution in [-0.2, 0) is 4.79 Å². The molecule has 2 atom stereocenters. The van der Waals surface area contributed by atoms with Gasteiger partial charge in [-0.2, -0.15) is 0 Å². The summed E-state index contributed by atoms with van der Waals surface area (Å²) in [6.45, 7) is 2.21. The average molecular weight is 468 g/mol. The minimum absolute atomic E-state index is 0.119. The summed E-state index contributed by atoms with van der Waals surface area (Å²) in [6, 6.07) is 27.3. The van der Waals surface area contributed by atoms with E-state index in [0.717, 1.165) is 28.3 Å². The van der Waals surface area contributed by atoms with E-state index in [1.807, 2.05) is 71.6 Å². The van der Waals surface area contributed by atoms with Gasteiger partial charge in [-0.25, -0.2) is 0 Å². The van der Waals surface area contributed by atoms with Crippen molar-refractivity contribution in [3.05, 3.63) is 114 Å². The Balaban J connectivity index is 1.53. The molecular weight excluding hydrogens is 442 g/mol. The van der Waals surface area contributed by atoms with Crippen molar-refractivity contribution < 1.29 is 4.79 Å². The second-order valence-corrected chi connectivity index (χ2v) is 8.64. The lowest BCUT2D eigenvalue weighted by Crippen LogP contribution is -2.37. The van der Waals surface area contributed by atoms with E-state index in [9.17, 15) is 4.79 Å². The quantitative estimate of drug-likeness (QED) is 0.399. The second kappa shape index (κ2) is 9.49. The molecule has 1 fully saturated rings. The number of benzene rings is 2. The highest BCUT2D eigenvalue weighted by atomic mass is 32.1. The third-order valence-corrected chi connectivity index (χ3v) is 6.38. The van der Waals surface area contributed by atoms with E-state index in [-0.39, 0.29) is 24.5 Å². The van der Waals surface area contributed by atoms with E-state index < -0.39 is 0 Å². The van der Waals surface area contributed by atoms with Crippen LogP contribution in [-0.4, -0.2) is 32.0 Å². The predicted octanol–water partition coefficient (Wildman–Crippen LogP) is 4.79. The largest absolute Gasteiger partial charge is 0.352 e. The number of thiocarbonyl (C=S) groups is 1. The molecule has 7 heteroatoms. The topological polar surface area (TPSA) is 62.2 Å². The molecule has 4 aromatic rings. The first-order valence-corrected chi connectivity index (χ1v) is 11.6. The summed E-state index contributed by atoms with van der Waals surface area (Å²) in [5.74, 6) is -0.129. The SMILES string of the molecule is Cc1ccccc1-n1cccc1[C@@H]1[C@@H](c2ccccn2)NC(=S)N1CC(=O)Nc1ccccc1. The van der Waals surface area contributed by atoms with Gasteiger partial charge in [-0.3, -0.25) is 9.78 Å². The van der Waals surface area contributed by atoms with Gasteiger partial charge in [-0.15, -0.1) is 0 Å². The molecule has 0 radical (unpaired) electrons. The maximum absolute atomic E-state index is 13.0. The standard InChI is InChI=1S/C27H25N5OS/c1-19-10-5-6-14-22(19)31-17-9-15-23(31)26-25(21-13-7-8-16-28-21)30-27(34)32(26)18-24(33)29-20-11-3-2-4-12-20/h2-17,25-26H,18H2,1H3,(H,29,33)(H,30,34)/t25-,26-/m1/s1. The summed E-state index contributed by atoms with van der Waals surface area (Å²) in [6.07, 6.45) is 3.83. The Morgan fingerprint density at radius 1 is 1.00 bits per heavy atom. The predicted molar refractivity (Wildman–Crippen MR) is 138 cm³/mol. The minimum atomic E-state index is -0.224. The summed E-state index contributed by atoms with van der Waals surface area (Å²) < 4.78 is 2.17. The lowest BCUT2D eigenvalue weighted by Gasteiger charge is -2.28. The van der Waals surface area contributed by atoms with E-state index in [0.29, 0.717) is 5.11 Å². The molecule has 0 spiro atoms. The maximum Gasteiger partial charge on any atom is 0.244 e. The van der Waals surface area contributed by atoms with Crippen molar-refractivity contribution in [2.75, 3.05) is 11.9 Å². The number of carbonyl (C=O) groups excluding carboxylic acids is 1. The number of nitrogens with zero attached hydrogens (tertiary/aromatic N) is 3. The first-order valence-electron chi connectivity index (χ1n) is 11.2. The van der Waals surface area contributed by atoms with Crippen LogP contribution >= 0.6 is 12.2 Å². The van der Waals surface area contributed by atoms with E-state index in [2.05, 4.69) is 51.5 Å². The Morgan fingerprint density at radius 3 is 2.53 bits per heavy atom. The normalized spacial score (nSPS) is 17.4. The Labute approximate surface area is 204 Å². The van der Waals surface area contributed by atoms with Crippen molar-refractivity contribution in [1.29, 1.82) is 0 Å². The van der Waals surface area contributed by atoms with Crippen molar-refractivity contribution in [3.63, 3.8) is 0 Å². The highest BCUT2D eigenvalue weighted by Gasteiger charge is 2.42. The second-order valence-electron chi connectivity index (χ2n) is 8.26. The van der Waals surface area contributed by atoms with Crippen LogP contribution in [0.1, 0.15) is 29.0 Å². The minimum Gasteiger partial charge on any atom is -0.352 e. The monoisotopic (exact) mass is 467 g/mol. The number of hydrogen-bond acceptors (Lipinski definition) is 3. The Bertz CT molecular complexity index is 1300. The van der Waals surface area contributed by atoms with Gasteiger partial charge in [0, 0.05) is 29.5 Å². The molecule has 1 aliphatic heterocycles. The van der Waals surface area contributed by atoms with Crippen molar-refractivity contribution in [2.24, 2.45) is 0 Å². The van der Waals surface area contributed by atoms with E-state index in [1.54, 1.807) is 6.20 Å². The summed E-state index contributed by atoms with van der Waals surface area (Å²) in [5, 5.41) is 6.93. The molecule has 1 aliphatic rings. The van der Waals surface area contributed by atoms with Crippen LogP contribution in [0.4, 0.5) is 5.69 Å². The highest BCUT2D eigenvalue weighted by Crippen LogP contribution is 2.39.